The van der Waals surface area contributed by atoms with Gasteiger partial charge in [0.05, 0.1) is 6.42 Å². The highest BCUT2D eigenvalue weighted by molar-refractivity contribution is 7.80. The van der Waals surface area contributed by atoms with Crippen molar-refractivity contribution in [3.8, 4) is 0 Å². The molecule has 1 aliphatic heterocycles. The Morgan fingerprint density at radius 2 is 1.95 bits per heavy atom. The number of ether oxygens (including phenoxy) is 1. The highest BCUT2D eigenvalue weighted by Gasteiger charge is 2.18. The maximum Gasteiger partial charge on any atom is 0.226 e. The van der Waals surface area contributed by atoms with Crippen LogP contribution in [0.2, 0.25) is 0 Å². The molecular weight excluding hydrogens is 284 g/mol. The average molecular weight is 306 g/mol. The van der Waals surface area contributed by atoms with Crippen LogP contribution in [0, 0.1) is 5.92 Å². The second-order valence-corrected chi connectivity index (χ2v) is 6.01. The van der Waals surface area contributed by atoms with Gasteiger partial charge >= 0.3 is 0 Å². The maximum atomic E-state index is 12.2. The van der Waals surface area contributed by atoms with Crippen LogP contribution in [0.1, 0.15) is 24.0 Å². The Morgan fingerprint density at radius 3 is 2.52 bits per heavy atom. The number of carbonyl (C=O) groups is 1. The van der Waals surface area contributed by atoms with Crippen LogP contribution in [0.4, 0.5) is 0 Å². The molecule has 114 valence electrons. The molecule has 0 aliphatic carbocycles. The van der Waals surface area contributed by atoms with E-state index >= 15 is 0 Å². The zero-order chi connectivity index (χ0) is 15.2. The lowest BCUT2D eigenvalue weighted by molar-refractivity contribution is -0.130. The first-order chi connectivity index (χ1) is 10.1. The molecule has 5 heteroatoms. The lowest BCUT2D eigenvalue weighted by atomic mass is 9.99. The molecule has 0 atom stereocenters. The van der Waals surface area contributed by atoms with E-state index < -0.39 is 0 Å². The third kappa shape index (κ3) is 4.79. The molecule has 1 fully saturated rings. The van der Waals surface area contributed by atoms with E-state index in [0.29, 0.717) is 17.3 Å². The zero-order valence-corrected chi connectivity index (χ0v) is 13.2. The van der Waals surface area contributed by atoms with E-state index in [1.807, 2.05) is 36.2 Å². The quantitative estimate of drug-likeness (QED) is 0.842. The SMILES string of the molecule is CN(CC1CCOCC1)C(=O)Cc1ccc(C(N)=S)cc1. The van der Waals surface area contributed by atoms with E-state index in [4.69, 9.17) is 22.7 Å². The van der Waals surface area contributed by atoms with Crippen LogP contribution in [0.3, 0.4) is 0 Å². The first kappa shape index (κ1) is 15.9. The Kier molecular flexibility index (Phi) is 5.70. The van der Waals surface area contributed by atoms with Crippen molar-refractivity contribution < 1.29 is 9.53 Å². The lowest BCUT2D eigenvalue weighted by Gasteiger charge is -2.27. The van der Waals surface area contributed by atoms with Crippen LogP contribution < -0.4 is 5.73 Å². The Hall–Kier alpha value is -1.46. The Morgan fingerprint density at radius 1 is 1.33 bits per heavy atom. The molecule has 1 saturated heterocycles. The average Bonchev–Trinajstić information content (AvgIpc) is 2.48. The summed E-state index contributed by atoms with van der Waals surface area (Å²) < 4.78 is 5.34. The number of amides is 1. The number of thiocarbonyl (C=S) groups is 1. The molecule has 1 heterocycles. The number of hydrogen-bond acceptors (Lipinski definition) is 3. The molecule has 1 aliphatic rings. The van der Waals surface area contributed by atoms with E-state index in [0.717, 1.165) is 43.7 Å². The number of nitrogens with two attached hydrogens (primary N) is 1. The highest BCUT2D eigenvalue weighted by Crippen LogP contribution is 2.16. The molecule has 4 nitrogen and oxygen atoms in total. The first-order valence-electron chi connectivity index (χ1n) is 7.26. The predicted octanol–water partition coefficient (Wildman–Crippen LogP) is 1.75. The molecule has 1 aromatic rings. The van der Waals surface area contributed by atoms with Crippen molar-refractivity contribution in [1.82, 2.24) is 4.90 Å². The lowest BCUT2D eigenvalue weighted by Crippen LogP contribution is -2.35. The van der Waals surface area contributed by atoms with Gasteiger partial charge in [0, 0.05) is 32.4 Å². The number of likely N-dealkylation sites (N-methyl/N-ethyl adjacent to an activating group) is 1. The first-order valence-corrected chi connectivity index (χ1v) is 7.67. The van der Waals surface area contributed by atoms with Crippen LogP contribution in [0.25, 0.3) is 0 Å². The molecule has 21 heavy (non-hydrogen) atoms. The van der Waals surface area contributed by atoms with E-state index in [9.17, 15) is 4.79 Å². The molecule has 0 bridgehead atoms. The van der Waals surface area contributed by atoms with Crippen molar-refractivity contribution in [3.63, 3.8) is 0 Å². The van der Waals surface area contributed by atoms with Gasteiger partial charge in [-0.2, -0.15) is 0 Å². The molecule has 0 aromatic heterocycles. The van der Waals surface area contributed by atoms with E-state index in [-0.39, 0.29) is 5.91 Å². The normalized spacial score (nSPS) is 15.7. The molecule has 0 spiro atoms. The van der Waals surface area contributed by atoms with E-state index in [1.165, 1.54) is 0 Å². The van der Waals surface area contributed by atoms with Crippen LogP contribution in [0.5, 0.6) is 0 Å². The molecule has 0 saturated carbocycles. The monoisotopic (exact) mass is 306 g/mol. The van der Waals surface area contributed by atoms with Gasteiger partial charge in [-0.1, -0.05) is 36.5 Å². The van der Waals surface area contributed by atoms with Gasteiger partial charge in [0.1, 0.15) is 4.99 Å². The van der Waals surface area contributed by atoms with E-state index in [2.05, 4.69) is 0 Å². The third-order valence-electron chi connectivity index (χ3n) is 3.89. The summed E-state index contributed by atoms with van der Waals surface area (Å²) in [6.07, 6.45) is 2.50. The van der Waals surface area contributed by atoms with Gasteiger partial charge in [0.25, 0.3) is 0 Å². The second-order valence-electron chi connectivity index (χ2n) is 5.57. The standard InChI is InChI=1S/C16H22N2O2S/c1-18(11-13-6-8-20-9-7-13)15(19)10-12-2-4-14(5-3-12)16(17)21/h2-5,13H,6-11H2,1H3,(H2,17,21). The molecule has 0 radical (unpaired) electrons. The minimum absolute atomic E-state index is 0.143. The Balaban J connectivity index is 1.86. The summed E-state index contributed by atoms with van der Waals surface area (Å²) >= 11 is 4.92. The topological polar surface area (TPSA) is 55.6 Å². The van der Waals surface area contributed by atoms with Gasteiger partial charge in [0.2, 0.25) is 5.91 Å². The van der Waals surface area contributed by atoms with E-state index in [1.54, 1.807) is 0 Å². The second kappa shape index (κ2) is 7.52. The number of nitrogens with zero attached hydrogens (tertiary/aromatic N) is 1. The fourth-order valence-corrected chi connectivity index (χ4v) is 2.65. The van der Waals surface area contributed by atoms with Crippen molar-refractivity contribution in [2.45, 2.75) is 19.3 Å². The summed E-state index contributed by atoms with van der Waals surface area (Å²) in [6.45, 7) is 2.44. The van der Waals surface area contributed by atoms with Gasteiger partial charge in [-0.3, -0.25) is 4.79 Å². The number of benzene rings is 1. The molecule has 0 unspecified atom stereocenters. The smallest absolute Gasteiger partial charge is 0.226 e. The summed E-state index contributed by atoms with van der Waals surface area (Å²) in [7, 11) is 1.88. The fourth-order valence-electron chi connectivity index (χ4n) is 2.51. The van der Waals surface area contributed by atoms with Crippen molar-refractivity contribution in [2.24, 2.45) is 11.7 Å². The largest absolute Gasteiger partial charge is 0.389 e. The van der Waals surface area contributed by atoms with Crippen molar-refractivity contribution in [3.05, 3.63) is 35.4 Å². The van der Waals surface area contributed by atoms with Gasteiger partial charge in [-0.05, 0) is 24.3 Å². The van der Waals surface area contributed by atoms with Crippen molar-refractivity contribution in [1.29, 1.82) is 0 Å². The molecule has 1 aromatic carbocycles. The van der Waals surface area contributed by atoms with Crippen LogP contribution in [-0.2, 0) is 16.0 Å². The summed E-state index contributed by atoms with van der Waals surface area (Å²) in [5.74, 6) is 0.703. The van der Waals surface area contributed by atoms with Gasteiger partial charge in [-0.25, -0.2) is 0 Å². The van der Waals surface area contributed by atoms with Crippen molar-refractivity contribution >= 4 is 23.1 Å². The summed E-state index contributed by atoms with van der Waals surface area (Å²) in [5, 5.41) is 0. The van der Waals surface area contributed by atoms with Gasteiger partial charge in [0.15, 0.2) is 0 Å². The number of rotatable bonds is 5. The Bertz CT molecular complexity index is 496. The van der Waals surface area contributed by atoms with Crippen molar-refractivity contribution in [2.75, 3.05) is 26.8 Å². The number of hydrogen-bond donors (Lipinski definition) is 1. The van der Waals surface area contributed by atoms with Crippen LogP contribution in [-0.4, -0.2) is 42.6 Å². The zero-order valence-electron chi connectivity index (χ0n) is 12.4. The fraction of sp³-hybridized carbons (Fsp3) is 0.500. The number of carbonyl (C=O) groups excluding carboxylic acids is 1. The predicted molar refractivity (Wildman–Crippen MR) is 87.2 cm³/mol. The minimum atomic E-state index is 0.143. The van der Waals surface area contributed by atoms with Crippen LogP contribution in [0.15, 0.2) is 24.3 Å². The maximum absolute atomic E-state index is 12.2. The third-order valence-corrected chi connectivity index (χ3v) is 4.13. The highest BCUT2D eigenvalue weighted by atomic mass is 32.1. The van der Waals surface area contributed by atoms with Gasteiger partial charge in [-0.15, -0.1) is 0 Å². The summed E-state index contributed by atoms with van der Waals surface area (Å²) in [5.41, 5.74) is 7.38. The molecular formula is C16H22N2O2S. The minimum Gasteiger partial charge on any atom is -0.389 e. The summed E-state index contributed by atoms with van der Waals surface area (Å²) in [6, 6.07) is 7.55. The summed E-state index contributed by atoms with van der Waals surface area (Å²) in [4.78, 5) is 14.5. The van der Waals surface area contributed by atoms with Gasteiger partial charge < -0.3 is 15.4 Å². The molecule has 2 rings (SSSR count). The molecule has 1 amide bonds. The van der Waals surface area contributed by atoms with Crippen LogP contribution >= 0.6 is 12.2 Å². The molecule has 2 N–H and O–H groups in total. The Labute approximate surface area is 131 Å².